The highest BCUT2D eigenvalue weighted by molar-refractivity contribution is 7.89. The van der Waals surface area contributed by atoms with E-state index in [1.165, 1.54) is 11.3 Å². The minimum absolute atomic E-state index is 0.298. The summed E-state index contributed by atoms with van der Waals surface area (Å²) in [4.78, 5) is 1.28. The summed E-state index contributed by atoms with van der Waals surface area (Å²) in [6.45, 7) is 3.95. The van der Waals surface area contributed by atoms with Crippen molar-refractivity contribution in [1.82, 2.24) is 4.72 Å². The lowest BCUT2D eigenvalue weighted by Gasteiger charge is -2.13. The second-order valence-corrected chi connectivity index (χ2v) is 7.19. The van der Waals surface area contributed by atoms with Crippen LogP contribution in [0, 0.1) is 13.8 Å². The molecule has 0 atom stereocenters. The van der Waals surface area contributed by atoms with Crippen LogP contribution >= 0.6 is 11.3 Å². The van der Waals surface area contributed by atoms with Crippen molar-refractivity contribution in [3.8, 4) is 5.75 Å². The van der Waals surface area contributed by atoms with Gasteiger partial charge < -0.3 is 4.74 Å². The molecule has 108 valence electrons. The van der Waals surface area contributed by atoms with E-state index in [0.29, 0.717) is 22.8 Å². The highest BCUT2D eigenvalue weighted by atomic mass is 32.2. The molecule has 4 nitrogen and oxygen atoms in total. The summed E-state index contributed by atoms with van der Waals surface area (Å²) in [5, 5.41) is 1.92. The Balaban J connectivity index is 2.28. The molecular weight excluding hydrogens is 294 g/mol. The van der Waals surface area contributed by atoms with E-state index < -0.39 is 10.0 Å². The summed E-state index contributed by atoms with van der Waals surface area (Å²) in [5.41, 5.74) is 1.55. The molecule has 0 unspecified atom stereocenters. The number of ether oxygens (including phenoxy) is 1. The van der Waals surface area contributed by atoms with Crippen molar-refractivity contribution in [2.45, 2.75) is 25.3 Å². The van der Waals surface area contributed by atoms with Crippen LogP contribution in [-0.4, -0.2) is 15.5 Å². The number of methoxy groups -OCH3 is 1. The molecular formula is C14H17NO3S2. The lowest BCUT2D eigenvalue weighted by atomic mass is 10.1. The zero-order chi connectivity index (χ0) is 14.8. The van der Waals surface area contributed by atoms with E-state index in [2.05, 4.69) is 4.72 Å². The van der Waals surface area contributed by atoms with Crippen molar-refractivity contribution < 1.29 is 13.2 Å². The van der Waals surface area contributed by atoms with Gasteiger partial charge in [-0.05, 0) is 48.6 Å². The van der Waals surface area contributed by atoms with Gasteiger partial charge in [-0.15, -0.1) is 11.3 Å². The smallest absolute Gasteiger partial charge is 0.241 e. The molecule has 1 aromatic heterocycles. The van der Waals surface area contributed by atoms with E-state index in [9.17, 15) is 8.42 Å². The Bertz CT molecular complexity index is 691. The molecule has 0 aliphatic carbocycles. The zero-order valence-electron chi connectivity index (χ0n) is 11.6. The predicted molar refractivity (Wildman–Crippen MR) is 80.8 cm³/mol. The highest BCUT2D eigenvalue weighted by Gasteiger charge is 2.19. The van der Waals surface area contributed by atoms with E-state index in [4.69, 9.17) is 4.74 Å². The zero-order valence-corrected chi connectivity index (χ0v) is 13.3. The monoisotopic (exact) mass is 311 g/mol. The first-order valence-corrected chi connectivity index (χ1v) is 8.48. The van der Waals surface area contributed by atoms with Crippen LogP contribution < -0.4 is 9.46 Å². The Morgan fingerprint density at radius 2 is 1.95 bits per heavy atom. The molecule has 1 heterocycles. The molecule has 0 fully saturated rings. The Hall–Kier alpha value is -1.37. The molecule has 0 aliphatic rings. The lowest BCUT2D eigenvalue weighted by molar-refractivity contribution is 0.410. The summed E-state index contributed by atoms with van der Waals surface area (Å²) < 4.78 is 32.5. The fourth-order valence-electron chi connectivity index (χ4n) is 1.94. The molecule has 2 rings (SSSR count). The van der Waals surface area contributed by atoms with Crippen LogP contribution in [0.15, 0.2) is 34.5 Å². The Morgan fingerprint density at radius 3 is 2.55 bits per heavy atom. The number of sulfonamides is 1. The van der Waals surface area contributed by atoms with Gasteiger partial charge >= 0.3 is 0 Å². The molecule has 0 radical (unpaired) electrons. The van der Waals surface area contributed by atoms with Gasteiger partial charge in [0.05, 0.1) is 12.0 Å². The average Bonchev–Trinajstić information content (AvgIpc) is 2.92. The topological polar surface area (TPSA) is 55.4 Å². The van der Waals surface area contributed by atoms with Gasteiger partial charge in [-0.2, -0.15) is 0 Å². The summed E-state index contributed by atoms with van der Waals surface area (Å²) in [7, 11) is -1.94. The van der Waals surface area contributed by atoms with Gasteiger partial charge in [-0.1, -0.05) is 6.07 Å². The maximum absolute atomic E-state index is 12.4. The van der Waals surface area contributed by atoms with Crippen LogP contribution in [0.3, 0.4) is 0 Å². The van der Waals surface area contributed by atoms with Crippen molar-refractivity contribution in [3.63, 3.8) is 0 Å². The molecule has 1 aromatic carbocycles. The Labute approximate surface area is 123 Å². The third-order valence-electron chi connectivity index (χ3n) is 3.21. The minimum atomic E-state index is -3.51. The fraction of sp³-hybridized carbons (Fsp3) is 0.286. The van der Waals surface area contributed by atoms with Crippen molar-refractivity contribution >= 4 is 21.4 Å². The number of nitrogens with one attached hydrogen (secondary N) is 1. The van der Waals surface area contributed by atoms with Crippen molar-refractivity contribution in [2.24, 2.45) is 0 Å². The lowest BCUT2D eigenvalue weighted by Crippen LogP contribution is -2.23. The summed E-state index contributed by atoms with van der Waals surface area (Å²) in [6, 6.07) is 7.07. The summed E-state index contributed by atoms with van der Waals surface area (Å²) >= 11 is 1.53. The summed E-state index contributed by atoms with van der Waals surface area (Å²) in [5.74, 6) is 0.694. The first-order chi connectivity index (χ1) is 9.45. The van der Waals surface area contributed by atoms with Crippen molar-refractivity contribution in [2.75, 3.05) is 7.11 Å². The van der Waals surface area contributed by atoms with E-state index in [-0.39, 0.29) is 0 Å². The maximum atomic E-state index is 12.4. The average molecular weight is 311 g/mol. The van der Waals surface area contributed by atoms with Crippen LogP contribution in [0.1, 0.15) is 16.0 Å². The van der Waals surface area contributed by atoms with E-state index >= 15 is 0 Å². The van der Waals surface area contributed by atoms with Gasteiger partial charge in [0.1, 0.15) is 5.75 Å². The van der Waals surface area contributed by atoms with E-state index in [1.807, 2.05) is 24.4 Å². The Kier molecular flexibility index (Phi) is 4.47. The largest absolute Gasteiger partial charge is 0.496 e. The predicted octanol–water partition coefficient (Wildman–Crippen LogP) is 2.85. The van der Waals surface area contributed by atoms with Gasteiger partial charge in [-0.25, -0.2) is 13.1 Å². The number of benzene rings is 1. The molecule has 0 bridgehead atoms. The quantitative estimate of drug-likeness (QED) is 0.924. The highest BCUT2D eigenvalue weighted by Crippen LogP contribution is 2.26. The third kappa shape index (κ3) is 3.03. The molecule has 20 heavy (non-hydrogen) atoms. The van der Waals surface area contributed by atoms with Crippen LogP contribution in [0.2, 0.25) is 0 Å². The van der Waals surface area contributed by atoms with Crippen LogP contribution in [0.4, 0.5) is 0 Å². The van der Waals surface area contributed by atoms with Gasteiger partial charge in [-0.3, -0.25) is 0 Å². The molecule has 0 amide bonds. The molecule has 2 aromatic rings. The molecule has 1 N–H and O–H groups in total. The normalized spacial score (nSPS) is 11.6. The van der Waals surface area contributed by atoms with Crippen molar-refractivity contribution in [3.05, 3.63) is 45.6 Å². The SMILES string of the molecule is COc1ccc(S(=O)(=O)NCc2cccs2)c(C)c1C. The first kappa shape index (κ1) is 15.0. The third-order valence-corrected chi connectivity index (χ3v) is 5.64. The second-order valence-electron chi connectivity index (χ2n) is 4.42. The standard InChI is InChI=1S/C14H17NO3S2/c1-10-11(2)14(7-6-13(10)18-3)20(16,17)15-9-12-5-4-8-19-12/h4-8,15H,9H2,1-3H3. The van der Waals surface area contributed by atoms with E-state index in [0.717, 1.165) is 10.4 Å². The molecule has 0 saturated carbocycles. The molecule has 0 spiro atoms. The minimum Gasteiger partial charge on any atom is -0.496 e. The molecule has 0 saturated heterocycles. The number of hydrogen-bond donors (Lipinski definition) is 1. The van der Waals surface area contributed by atoms with Crippen LogP contribution in [0.5, 0.6) is 5.75 Å². The van der Waals surface area contributed by atoms with Gasteiger partial charge in [0.25, 0.3) is 0 Å². The number of hydrogen-bond acceptors (Lipinski definition) is 4. The molecule has 6 heteroatoms. The first-order valence-electron chi connectivity index (χ1n) is 6.12. The van der Waals surface area contributed by atoms with Gasteiger partial charge in [0.15, 0.2) is 0 Å². The van der Waals surface area contributed by atoms with E-state index in [1.54, 1.807) is 26.2 Å². The Morgan fingerprint density at radius 1 is 1.20 bits per heavy atom. The van der Waals surface area contributed by atoms with Crippen LogP contribution in [0.25, 0.3) is 0 Å². The van der Waals surface area contributed by atoms with Crippen LogP contribution in [-0.2, 0) is 16.6 Å². The number of rotatable bonds is 5. The fourth-order valence-corrected chi connectivity index (χ4v) is 3.98. The summed E-state index contributed by atoms with van der Waals surface area (Å²) in [6.07, 6.45) is 0. The van der Waals surface area contributed by atoms with Gasteiger partial charge in [0.2, 0.25) is 10.0 Å². The van der Waals surface area contributed by atoms with Gasteiger partial charge in [0, 0.05) is 11.4 Å². The second kappa shape index (κ2) is 5.95. The van der Waals surface area contributed by atoms with Crippen molar-refractivity contribution in [1.29, 1.82) is 0 Å². The molecule has 0 aliphatic heterocycles. The maximum Gasteiger partial charge on any atom is 0.241 e. The number of thiophene rings is 1.